The first-order valence-corrected chi connectivity index (χ1v) is 10.7. The second kappa shape index (κ2) is 10.5. The summed E-state index contributed by atoms with van der Waals surface area (Å²) in [5, 5.41) is 0. The molecule has 0 fully saturated rings. The molecule has 0 unspecified atom stereocenters. The quantitative estimate of drug-likeness (QED) is 0.497. The first-order valence-electron chi connectivity index (χ1n) is 10.7. The highest BCUT2D eigenvalue weighted by molar-refractivity contribution is 5.98. The molecule has 0 aromatic heterocycles. The first kappa shape index (κ1) is 22.1. The third-order valence-electron chi connectivity index (χ3n) is 5.26. The van der Waals surface area contributed by atoms with Gasteiger partial charge in [0.25, 0.3) is 11.8 Å². The molecule has 0 atom stereocenters. The van der Waals surface area contributed by atoms with Crippen LogP contribution in [0.2, 0.25) is 0 Å². The van der Waals surface area contributed by atoms with Gasteiger partial charge in [-0.2, -0.15) is 0 Å². The Morgan fingerprint density at radius 3 is 2.33 bits per heavy atom. The summed E-state index contributed by atoms with van der Waals surface area (Å²) in [7, 11) is 0. The fourth-order valence-corrected chi connectivity index (χ4v) is 3.59. The van der Waals surface area contributed by atoms with Gasteiger partial charge in [-0.15, -0.1) is 0 Å². The SMILES string of the molecule is O=C(CCN1C(=O)COc2ccccc21)OCC(=O)N(Cc1ccccc1)c1ccccc1. The summed E-state index contributed by atoms with van der Waals surface area (Å²) in [6, 6.07) is 26.0. The molecule has 3 aromatic rings. The van der Waals surface area contributed by atoms with Gasteiger partial charge in [-0.25, -0.2) is 0 Å². The molecule has 0 saturated heterocycles. The number of fused-ring (bicyclic) bond motifs is 1. The highest BCUT2D eigenvalue weighted by atomic mass is 16.5. The Morgan fingerprint density at radius 1 is 0.909 bits per heavy atom. The Hall–Kier alpha value is -4.13. The molecule has 0 saturated carbocycles. The van der Waals surface area contributed by atoms with Gasteiger partial charge in [-0.05, 0) is 29.8 Å². The molecule has 2 amide bonds. The van der Waals surface area contributed by atoms with E-state index in [-0.39, 0.29) is 38.0 Å². The normalized spacial score (nSPS) is 12.5. The maximum atomic E-state index is 12.9. The number of para-hydroxylation sites is 3. The zero-order valence-electron chi connectivity index (χ0n) is 18.1. The van der Waals surface area contributed by atoms with E-state index in [1.165, 1.54) is 4.90 Å². The summed E-state index contributed by atoms with van der Waals surface area (Å²) in [4.78, 5) is 40.6. The predicted octanol–water partition coefficient (Wildman–Crippen LogP) is 3.58. The Bertz CT molecular complexity index is 1120. The lowest BCUT2D eigenvalue weighted by molar-refractivity contribution is -0.147. The van der Waals surface area contributed by atoms with Gasteiger partial charge in [-0.3, -0.25) is 14.4 Å². The second-order valence-electron chi connectivity index (χ2n) is 7.51. The van der Waals surface area contributed by atoms with Crippen molar-refractivity contribution in [3.63, 3.8) is 0 Å². The lowest BCUT2D eigenvalue weighted by Gasteiger charge is -2.29. The van der Waals surface area contributed by atoms with E-state index in [1.807, 2.05) is 66.7 Å². The monoisotopic (exact) mass is 444 g/mol. The van der Waals surface area contributed by atoms with E-state index in [9.17, 15) is 14.4 Å². The number of anilines is 2. The van der Waals surface area contributed by atoms with Crippen LogP contribution in [0.3, 0.4) is 0 Å². The van der Waals surface area contributed by atoms with Crippen molar-refractivity contribution in [3.05, 3.63) is 90.5 Å². The van der Waals surface area contributed by atoms with Crippen molar-refractivity contribution in [1.29, 1.82) is 0 Å². The van der Waals surface area contributed by atoms with Gasteiger partial charge in [0, 0.05) is 12.2 Å². The van der Waals surface area contributed by atoms with Crippen molar-refractivity contribution in [1.82, 2.24) is 0 Å². The van der Waals surface area contributed by atoms with Crippen LogP contribution in [0.15, 0.2) is 84.9 Å². The van der Waals surface area contributed by atoms with E-state index in [1.54, 1.807) is 23.1 Å². The fraction of sp³-hybridized carbons (Fsp3) is 0.192. The lowest BCUT2D eigenvalue weighted by Crippen LogP contribution is -2.40. The summed E-state index contributed by atoms with van der Waals surface area (Å²) >= 11 is 0. The first-order chi connectivity index (χ1) is 16.1. The molecule has 1 aliphatic rings. The number of benzene rings is 3. The molecule has 1 aliphatic heterocycles. The molecule has 3 aromatic carbocycles. The highest BCUT2D eigenvalue weighted by Crippen LogP contribution is 2.31. The minimum Gasteiger partial charge on any atom is -0.482 e. The van der Waals surface area contributed by atoms with Crippen LogP contribution in [0.25, 0.3) is 0 Å². The molecule has 33 heavy (non-hydrogen) atoms. The predicted molar refractivity (Wildman–Crippen MR) is 124 cm³/mol. The van der Waals surface area contributed by atoms with Crippen LogP contribution < -0.4 is 14.5 Å². The average Bonchev–Trinajstić information content (AvgIpc) is 2.86. The van der Waals surface area contributed by atoms with Crippen LogP contribution in [0.5, 0.6) is 5.75 Å². The Labute approximate surface area is 192 Å². The van der Waals surface area contributed by atoms with Crippen molar-refractivity contribution in [2.24, 2.45) is 0 Å². The van der Waals surface area contributed by atoms with Gasteiger partial charge in [0.15, 0.2) is 13.2 Å². The number of rotatable bonds is 8. The Morgan fingerprint density at radius 2 is 1.58 bits per heavy atom. The fourth-order valence-electron chi connectivity index (χ4n) is 3.59. The molecule has 0 radical (unpaired) electrons. The molecular weight excluding hydrogens is 420 g/mol. The number of carbonyl (C=O) groups excluding carboxylic acids is 3. The van der Waals surface area contributed by atoms with E-state index in [0.717, 1.165) is 11.3 Å². The zero-order chi connectivity index (χ0) is 23.0. The summed E-state index contributed by atoms with van der Waals surface area (Å²) < 4.78 is 10.7. The molecule has 7 nitrogen and oxygen atoms in total. The molecule has 0 N–H and O–H groups in total. The standard InChI is InChI=1S/C26H24N2O5/c29-24-18-32-23-14-8-7-13-22(23)27(24)16-15-26(31)33-19-25(30)28(21-11-5-2-6-12-21)17-20-9-3-1-4-10-20/h1-14H,15-19H2. The van der Waals surface area contributed by atoms with Crippen LogP contribution in [0, 0.1) is 0 Å². The maximum absolute atomic E-state index is 12.9. The van der Waals surface area contributed by atoms with Gasteiger partial charge >= 0.3 is 5.97 Å². The smallest absolute Gasteiger partial charge is 0.308 e. The highest BCUT2D eigenvalue weighted by Gasteiger charge is 2.26. The second-order valence-corrected chi connectivity index (χ2v) is 7.51. The average molecular weight is 444 g/mol. The third-order valence-corrected chi connectivity index (χ3v) is 5.26. The van der Waals surface area contributed by atoms with E-state index in [2.05, 4.69) is 0 Å². The number of amides is 2. The number of ether oxygens (including phenoxy) is 2. The number of hydrogen-bond acceptors (Lipinski definition) is 5. The molecule has 0 bridgehead atoms. The van der Waals surface area contributed by atoms with Gasteiger partial charge in [0.2, 0.25) is 0 Å². The van der Waals surface area contributed by atoms with E-state index in [4.69, 9.17) is 9.47 Å². The van der Waals surface area contributed by atoms with Crippen molar-refractivity contribution in [2.45, 2.75) is 13.0 Å². The van der Waals surface area contributed by atoms with Gasteiger partial charge in [0.05, 0.1) is 18.7 Å². The largest absolute Gasteiger partial charge is 0.482 e. The summed E-state index contributed by atoms with van der Waals surface area (Å²) in [5.74, 6) is -0.505. The molecule has 168 valence electrons. The molecule has 0 spiro atoms. The molecule has 0 aliphatic carbocycles. The molecule has 4 rings (SSSR count). The van der Waals surface area contributed by atoms with Crippen molar-refractivity contribution >= 4 is 29.2 Å². The van der Waals surface area contributed by atoms with Crippen molar-refractivity contribution in [2.75, 3.05) is 29.6 Å². The summed E-state index contributed by atoms with van der Waals surface area (Å²) in [6.07, 6.45) is -0.0304. The van der Waals surface area contributed by atoms with E-state index in [0.29, 0.717) is 18.0 Å². The van der Waals surface area contributed by atoms with E-state index < -0.39 is 5.97 Å². The number of esters is 1. The third kappa shape index (κ3) is 5.57. The molecule has 7 heteroatoms. The minimum atomic E-state index is -0.548. The minimum absolute atomic E-state index is 0.0304. The molecule has 1 heterocycles. The topological polar surface area (TPSA) is 76.1 Å². The van der Waals surface area contributed by atoms with Crippen LogP contribution in [-0.2, 0) is 25.7 Å². The number of hydrogen-bond donors (Lipinski definition) is 0. The van der Waals surface area contributed by atoms with Crippen LogP contribution in [0.1, 0.15) is 12.0 Å². The lowest BCUT2D eigenvalue weighted by atomic mass is 10.2. The maximum Gasteiger partial charge on any atom is 0.308 e. The Kier molecular flexibility index (Phi) is 6.99. The summed E-state index contributed by atoms with van der Waals surface area (Å²) in [6.45, 7) is 0.0588. The zero-order valence-corrected chi connectivity index (χ0v) is 18.1. The van der Waals surface area contributed by atoms with Crippen LogP contribution >= 0.6 is 0 Å². The van der Waals surface area contributed by atoms with Gasteiger partial charge < -0.3 is 19.3 Å². The van der Waals surface area contributed by atoms with E-state index >= 15 is 0 Å². The van der Waals surface area contributed by atoms with Crippen molar-refractivity contribution in [3.8, 4) is 5.75 Å². The van der Waals surface area contributed by atoms with Crippen LogP contribution in [-0.4, -0.2) is 37.5 Å². The van der Waals surface area contributed by atoms with Crippen LogP contribution in [0.4, 0.5) is 11.4 Å². The van der Waals surface area contributed by atoms with Gasteiger partial charge in [0.1, 0.15) is 5.75 Å². The Balaban J connectivity index is 1.35. The molecular formula is C26H24N2O5. The number of nitrogens with zero attached hydrogens (tertiary/aromatic N) is 2. The van der Waals surface area contributed by atoms with Gasteiger partial charge in [-0.1, -0.05) is 60.7 Å². The number of carbonyl (C=O) groups is 3. The van der Waals surface area contributed by atoms with Crippen molar-refractivity contribution < 1.29 is 23.9 Å². The summed E-state index contributed by atoms with van der Waals surface area (Å²) in [5.41, 5.74) is 2.30.